The summed E-state index contributed by atoms with van der Waals surface area (Å²) in [6.07, 6.45) is -4.62. The van der Waals surface area contributed by atoms with Gasteiger partial charge in [-0.2, -0.15) is 17.5 Å². The van der Waals surface area contributed by atoms with Crippen LogP contribution in [0, 0.1) is 0 Å². The second kappa shape index (κ2) is 7.67. The van der Waals surface area contributed by atoms with Gasteiger partial charge in [-0.25, -0.2) is 22.8 Å². The number of piperidine rings is 1. The number of thiophene rings is 1. The molecule has 0 aliphatic carbocycles. The van der Waals surface area contributed by atoms with Crippen LogP contribution in [0.4, 0.5) is 23.5 Å². The second-order valence-corrected chi connectivity index (χ2v) is 10.4. The van der Waals surface area contributed by atoms with Crippen molar-refractivity contribution in [2.75, 3.05) is 24.7 Å². The van der Waals surface area contributed by atoms with E-state index < -0.39 is 39.7 Å². The fourth-order valence-electron chi connectivity index (χ4n) is 3.48. The van der Waals surface area contributed by atoms with E-state index in [1.807, 2.05) is 0 Å². The maximum atomic E-state index is 14.5. The molecule has 1 fully saturated rings. The minimum Gasteiger partial charge on any atom is -0.348 e. The third-order valence-corrected chi connectivity index (χ3v) is 7.49. The molecular formula is C17H17F4N5O3S2. The minimum atomic E-state index is -4.73. The molecule has 2 aromatic rings. The molecule has 168 valence electrons. The van der Waals surface area contributed by atoms with Gasteiger partial charge in [-0.15, -0.1) is 11.3 Å². The first-order chi connectivity index (χ1) is 14.4. The Morgan fingerprint density at radius 2 is 2.10 bits per heavy atom. The lowest BCUT2D eigenvalue weighted by atomic mass is 10.1. The first kappa shape index (κ1) is 21.9. The van der Waals surface area contributed by atoms with Crippen LogP contribution >= 0.6 is 11.3 Å². The predicted octanol–water partition coefficient (Wildman–Crippen LogP) is 2.25. The van der Waals surface area contributed by atoms with E-state index in [1.54, 1.807) is 0 Å². The Labute approximate surface area is 178 Å². The van der Waals surface area contributed by atoms with Gasteiger partial charge < -0.3 is 10.6 Å². The van der Waals surface area contributed by atoms with Crippen LogP contribution in [0.5, 0.6) is 0 Å². The van der Waals surface area contributed by atoms with Crippen molar-refractivity contribution in [2.24, 2.45) is 0 Å². The first-order valence-corrected chi connectivity index (χ1v) is 11.8. The van der Waals surface area contributed by atoms with E-state index in [0.717, 1.165) is 21.9 Å². The van der Waals surface area contributed by atoms with Gasteiger partial charge in [0.25, 0.3) is 5.91 Å². The van der Waals surface area contributed by atoms with Crippen LogP contribution in [0.15, 0.2) is 12.3 Å². The van der Waals surface area contributed by atoms with Crippen molar-refractivity contribution in [3.05, 3.63) is 28.3 Å². The molecule has 8 nitrogen and oxygen atoms in total. The zero-order valence-corrected chi connectivity index (χ0v) is 17.7. The van der Waals surface area contributed by atoms with Gasteiger partial charge in [0.15, 0.2) is 0 Å². The first-order valence-electron chi connectivity index (χ1n) is 9.14. The molecule has 14 heteroatoms. The smallest absolute Gasteiger partial charge is 0.348 e. The molecule has 31 heavy (non-hydrogen) atoms. The Hall–Kier alpha value is -2.32. The topological polar surface area (TPSA) is 104 Å². The Morgan fingerprint density at radius 1 is 1.35 bits per heavy atom. The molecule has 1 saturated heterocycles. The molecule has 0 saturated carbocycles. The Morgan fingerprint density at radius 3 is 2.71 bits per heavy atom. The van der Waals surface area contributed by atoms with E-state index in [9.17, 15) is 30.8 Å². The second-order valence-electron chi connectivity index (χ2n) is 7.26. The van der Waals surface area contributed by atoms with E-state index in [2.05, 4.69) is 20.6 Å². The number of rotatable bonds is 4. The molecule has 2 aliphatic rings. The molecule has 4 rings (SSSR count). The van der Waals surface area contributed by atoms with Crippen LogP contribution in [-0.4, -0.2) is 60.2 Å². The predicted molar refractivity (Wildman–Crippen MR) is 105 cm³/mol. The lowest BCUT2D eigenvalue weighted by Gasteiger charge is -2.33. The number of halogens is 4. The van der Waals surface area contributed by atoms with Gasteiger partial charge in [-0.3, -0.25) is 4.79 Å². The summed E-state index contributed by atoms with van der Waals surface area (Å²) in [7, 11) is -3.55. The monoisotopic (exact) mass is 479 g/mol. The highest BCUT2D eigenvalue weighted by Gasteiger charge is 2.38. The summed E-state index contributed by atoms with van der Waals surface area (Å²) in [6, 6.07) is 0.494. The van der Waals surface area contributed by atoms with E-state index in [-0.39, 0.29) is 42.8 Å². The number of hydrogen-bond acceptors (Lipinski definition) is 7. The molecule has 4 heterocycles. The highest BCUT2D eigenvalue weighted by molar-refractivity contribution is 7.88. The standard InChI is InChI=1S/C17H17F4N5O3S2/c1-31(28,29)26-3-2-11(10(18)7-26)24-16-23-5-9(17(19,20)21)14(25-16)12-4-8-13(30-12)6-22-15(8)27/h4-5,10-11H,2-3,6-7H2,1H3,(H,22,27)(H,23,24,25)/t10-,11+/m1/s1. The molecule has 0 aromatic carbocycles. The maximum Gasteiger partial charge on any atom is 0.420 e. The third-order valence-electron chi connectivity index (χ3n) is 5.08. The van der Waals surface area contributed by atoms with Crippen LogP contribution in [0.2, 0.25) is 0 Å². The number of aromatic nitrogens is 2. The van der Waals surface area contributed by atoms with Gasteiger partial charge in [0.1, 0.15) is 11.7 Å². The van der Waals surface area contributed by atoms with Gasteiger partial charge in [-0.1, -0.05) is 0 Å². The van der Waals surface area contributed by atoms with Crippen LogP contribution in [0.3, 0.4) is 0 Å². The van der Waals surface area contributed by atoms with Gasteiger partial charge in [0, 0.05) is 24.2 Å². The molecule has 2 atom stereocenters. The molecule has 1 amide bonds. The van der Waals surface area contributed by atoms with Crippen molar-refractivity contribution in [3.63, 3.8) is 0 Å². The van der Waals surface area contributed by atoms with Gasteiger partial charge >= 0.3 is 6.18 Å². The van der Waals surface area contributed by atoms with Crippen molar-refractivity contribution < 1.29 is 30.8 Å². The highest BCUT2D eigenvalue weighted by Crippen LogP contribution is 2.40. The number of sulfonamides is 1. The SMILES string of the molecule is CS(=O)(=O)N1CC[C@H](Nc2ncc(C(F)(F)F)c(-c3cc4c(s3)CNC4=O)n2)[C@H](F)C1. The Kier molecular flexibility index (Phi) is 5.42. The van der Waals surface area contributed by atoms with Gasteiger partial charge in [0.05, 0.1) is 35.0 Å². The van der Waals surface area contributed by atoms with Crippen molar-refractivity contribution in [1.82, 2.24) is 19.6 Å². The Bertz CT molecular complexity index is 1140. The number of carbonyl (C=O) groups excluding carboxylic acids is 1. The third kappa shape index (κ3) is 4.36. The zero-order valence-electron chi connectivity index (χ0n) is 16.0. The average Bonchev–Trinajstić information content (AvgIpc) is 3.24. The van der Waals surface area contributed by atoms with Crippen LogP contribution < -0.4 is 10.6 Å². The number of nitrogens with one attached hydrogen (secondary N) is 2. The summed E-state index contributed by atoms with van der Waals surface area (Å²) in [5.41, 5.74) is -1.17. The number of amides is 1. The zero-order chi connectivity index (χ0) is 22.6. The van der Waals surface area contributed by atoms with E-state index in [1.165, 1.54) is 6.07 Å². The normalized spacial score (nSPS) is 22.3. The number of hydrogen-bond donors (Lipinski definition) is 2. The molecule has 0 radical (unpaired) electrons. The maximum absolute atomic E-state index is 14.5. The molecule has 2 N–H and O–H groups in total. The fraction of sp³-hybridized carbons (Fsp3) is 0.471. The van der Waals surface area contributed by atoms with Crippen molar-refractivity contribution in [1.29, 1.82) is 0 Å². The molecule has 0 bridgehead atoms. The van der Waals surface area contributed by atoms with E-state index in [0.29, 0.717) is 16.6 Å². The quantitative estimate of drug-likeness (QED) is 0.652. The van der Waals surface area contributed by atoms with Gasteiger partial charge in [-0.05, 0) is 12.5 Å². The Balaban J connectivity index is 1.63. The van der Waals surface area contributed by atoms with Gasteiger partial charge in [0.2, 0.25) is 16.0 Å². The fourth-order valence-corrected chi connectivity index (χ4v) is 5.43. The number of alkyl halides is 4. The summed E-state index contributed by atoms with van der Waals surface area (Å²) < 4.78 is 79.3. The summed E-state index contributed by atoms with van der Waals surface area (Å²) in [4.78, 5) is 20.2. The van der Waals surface area contributed by atoms with E-state index in [4.69, 9.17) is 0 Å². The number of carbonyl (C=O) groups is 1. The minimum absolute atomic E-state index is 0.0666. The van der Waals surface area contributed by atoms with E-state index >= 15 is 0 Å². The lowest BCUT2D eigenvalue weighted by Crippen LogP contribution is -2.49. The van der Waals surface area contributed by atoms with Crippen molar-refractivity contribution in [2.45, 2.75) is 31.4 Å². The highest BCUT2D eigenvalue weighted by atomic mass is 32.2. The molecule has 0 spiro atoms. The lowest BCUT2D eigenvalue weighted by molar-refractivity contribution is -0.137. The number of fused-ring (bicyclic) bond motifs is 1. The molecule has 2 aliphatic heterocycles. The molecule has 2 aromatic heterocycles. The number of nitrogens with zero attached hydrogens (tertiary/aromatic N) is 3. The van der Waals surface area contributed by atoms with Crippen molar-refractivity contribution >= 4 is 33.2 Å². The summed E-state index contributed by atoms with van der Waals surface area (Å²) in [6.45, 7) is -0.0628. The van der Waals surface area contributed by atoms with Crippen LogP contribution in [0.1, 0.15) is 27.2 Å². The molecular weight excluding hydrogens is 462 g/mol. The average molecular weight is 479 g/mol. The summed E-state index contributed by atoms with van der Waals surface area (Å²) in [5.74, 6) is -0.571. The molecule has 0 unspecified atom stereocenters. The summed E-state index contributed by atoms with van der Waals surface area (Å²) in [5, 5.41) is 5.28. The van der Waals surface area contributed by atoms with Crippen LogP contribution in [0.25, 0.3) is 10.6 Å². The van der Waals surface area contributed by atoms with Crippen LogP contribution in [-0.2, 0) is 22.7 Å². The summed E-state index contributed by atoms with van der Waals surface area (Å²) >= 11 is 1.02. The van der Waals surface area contributed by atoms with Crippen molar-refractivity contribution in [3.8, 4) is 10.6 Å². The largest absolute Gasteiger partial charge is 0.420 e. The number of anilines is 1.